The molecule has 1 saturated heterocycles. The Kier molecular flexibility index (Phi) is 7.09. The van der Waals surface area contributed by atoms with Crippen molar-refractivity contribution in [3.63, 3.8) is 0 Å². The van der Waals surface area contributed by atoms with Crippen LogP contribution in [0.2, 0.25) is 0 Å². The predicted octanol–water partition coefficient (Wildman–Crippen LogP) is 1.54. The van der Waals surface area contributed by atoms with E-state index in [4.69, 9.17) is 5.73 Å². The van der Waals surface area contributed by atoms with Crippen LogP contribution in [0.1, 0.15) is 33.1 Å². The lowest BCUT2D eigenvalue weighted by Gasteiger charge is -2.29. The van der Waals surface area contributed by atoms with E-state index in [0.717, 1.165) is 25.6 Å². The molecule has 0 spiro atoms. The zero-order valence-electron chi connectivity index (χ0n) is 11.9. The summed E-state index contributed by atoms with van der Waals surface area (Å²) in [5, 5.41) is 3.58. The van der Waals surface area contributed by atoms with Crippen LogP contribution in [0.25, 0.3) is 0 Å². The number of hydrogen-bond donors (Lipinski definition) is 2. The van der Waals surface area contributed by atoms with E-state index in [0.29, 0.717) is 11.8 Å². The summed E-state index contributed by atoms with van der Waals surface area (Å²) in [6.45, 7) is 10.1. The molecule has 0 aliphatic carbocycles. The van der Waals surface area contributed by atoms with Gasteiger partial charge >= 0.3 is 0 Å². The average molecular weight is 241 g/mol. The first-order chi connectivity index (χ1) is 8.13. The van der Waals surface area contributed by atoms with Gasteiger partial charge in [0.25, 0.3) is 0 Å². The standard InChI is InChI=1S/C14H31N3/c1-12(2)14(10-15)11-16-7-4-13-5-8-17(3)9-6-13/h12-14,16H,4-11,15H2,1-3H3. The summed E-state index contributed by atoms with van der Waals surface area (Å²) in [4.78, 5) is 2.44. The van der Waals surface area contributed by atoms with Gasteiger partial charge in [0.05, 0.1) is 0 Å². The second-order valence-corrected chi connectivity index (χ2v) is 5.98. The molecular weight excluding hydrogens is 210 g/mol. The molecular formula is C14H31N3. The Hall–Kier alpha value is -0.120. The summed E-state index contributed by atoms with van der Waals surface area (Å²) < 4.78 is 0. The van der Waals surface area contributed by atoms with Gasteiger partial charge in [0, 0.05) is 0 Å². The molecule has 0 aromatic carbocycles. The zero-order valence-corrected chi connectivity index (χ0v) is 11.9. The van der Waals surface area contributed by atoms with Gasteiger partial charge in [-0.25, -0.2) is 0 Å². The summed E-state index contributed by atoms with van der Waals surface area (Å²) in [5.41, 5.74) is 5.77. The Morgan fingerprint density at radius 3 is 2.47 bits per heavy atom. The molecule has 1 aliphatic rings. The highest BCUT2D eigenvalue weighted by Gasteiger charge is 2.16. The molecule has 3 nitrogen and oxygen atoms in total. The maximum absolute atomic E-state index is 5.77. The molecule has 0 radical (unpaired) electrons. The summed E-state index contributed by atoms with van der Waals surface area (Å²) in [6, 6.07) is 0. The number of nitrogens with zero attached hydrogens (tertiary/aromatic N) is 1. The smallest absolute Gasteiger partial charge is 0.000600 e. The molecule has 1 heterocycles. The Labute approximate surface area is 107 Å². The van der Waals surface area contributed by atoms with Gasteiger partial charge in [0.2, 0.25) is 0 Å². The molecule has 1 fully saturated rings. The number of rotatable bonds is 7. The van der Waals surface area contributed by atoms with Crippen LogP contribution < -0.4 is 11.1 Å². The van der Waals surface area contributed by atoms with Gasteiger partial charge in [-0.1, -0.05) is 13.8 Å². The van der Waals surface area contributed by atoms with E-state index in [1.165, 1.54) is 32.4 Å². The van der Waals surface area contributed by atoms with Crippen LogP contribution in [0.15, 0.2) is 0 Å². The predicted molar refractivity (Wildman–Crippen MR) is 75.1 cm³/mol. The lowest BCUT2D eigenvalue weighted by atomic mass is 9.93. The number of nitrogens with one attached hydrogen (secondary N) is 1. The molecule has 0 aromatic rings. The lowest BCUT2D eigenvalue weighted by Crippen LogP contribution is -2.34. The minimum Gasteiger partial charge on any atom is -0.330 e. The first-order valence-electron chi connectivity index (χ1n) is 7.22. The fourth-order valence-electron chi connectivity index (χ4n) is 2.54. The average Bonchev–Trinajstić information content (AvgIpc) is 2.31. The van der Waals surface area contributed by atoms with Gasteiger partial charge in [0.15, 0.2) is 0 Å². The summed E-state index contributed by atoms with van der Waals surface area (Å²) in [7, 11) is 2.23. The molecule has 1 atom stereocenters. The van der Waals surface area contributed by atoms with Gasteiger partial charge in [0.1, 0.15) is 0 Å². The van der Waals surface area contributed by atoms with Gasteiger partial charge in [-0.3, -0.25) is 0 Å². The Balaban J connectivity index is 2.03. The molecule has 0 saturated carbocycles. The minimum atomic E-state index is 0.632. The van der Waals surface area contributed by atoms with E-state index in [1.54, 1.807) is 0 Å². The maximum atomic E-state index is 5.77. The van der Waals surface area contributed by atoms with Crippen LogP contribution in [0.3, 0.4) is 0 Å². The monoisotopic (exact) mass is 241 g/mol. The normalized spacial score (nSPS) is 21.0. The Bertz CT molecular complexity index is 186. The fraction of sp³-hybridized carbons (Fsp3) is 1.00. The largest absolute Gasteiger partial charge is 0.330 e. The Morgan fingerprint density at radius 2 is 1.94 bits per heavy atom. The Morgan fingerprint density at radius 1 is 1.29 bits per heavy atom. The highest BCUT2D eigenvalue weighted by Crippen LogP contribution is 2.18. The molecule has 0 bridgehead atoms. The van der Waals surface area contributed by atoms with E-state index >= 15 is 0 Å². The molecule has 17 heavy (non-hydrogen) atoms. The molecule has 0 aromatic heterocycles. The van der Waals surface area contributed by atoms with Crippen molar-refractivity contribution in [2.45, 2.75) is 33.1 Å². The topological polar surface area (TPSA) is 41.3 Å². The molecule has 102 valence electrons. The van der Waals surface area contributed by atoms with Crippen LogP contribution >= 0.6 is 0 Å². The second-order valence-electron chi connectivity index (χ2n) is 5.98. The van der Waals surface area contributed by atoms with Crippen molar-refractivity contribution in [1.82, 2.24) is 10.2 Å². The quantitative estimate of drug-likeness (QED) is 0.664. The number of piperidine rings is 1. The third-order valence-electron chi connectivity index (χ3n) is 4.22. The number of likely N-dealkylation sites (tertiary alicyclic amines) is 1. The lowest BCUT2D eigenvalue weighted by molar-refractivity contribution is 0.210. The van der Waals surface area contributed by atoms with Crippen LogP contribution in [0.4, 0.5) is 0 Å². The molecule has 3 heteroatoms. The minimum absolute atomic E-state index is 0.632. The summed E-state index contributed by atoms with van der Waals surface area (Å²) in [6.07, 6.45) is 4.09. The van der Waals surface area contributed by atoms with E-state index in [-0.39, 0.29) is 0 Å². The van der Waals surface area contributed by atoms with E-state index in [9.17, 15) is 0 Å². The number of nitrogens with two attached hydrogens (primary N) is 1. The first-order valence-corrected chi connectivity index (χ1v) is 7.22. The molecule has 1 unspecified atom stereocenters. The zero-order chi connectivity index (χ0) is 12.7. The highest BCUT2D eigenvalue weighted by molar-refractivity contribution is 4.72. The van der Waals surface area contributed by atoms with Crippen LogP contribution in [0, 0.1) is 17.8 Å². The third-order valence-corrected chi connectivity index (χ3v) is 4.22. The fourth-order valence-corrected chi connectivity index (χ4v) is 2.54. The third kappa shape index (κ3) is 5.84. The SMILES string of the molecule is CC(C)C(CN)CNCCC1CCN(C)CC1. The van der Waals surface area contributed by atoms with Crippen molar-refractivity contribution in [2.75, 3.05) is 39.8 Å². The van der Waals surface area contributed by atoms with Crippen molar-refractivity contribution in [3.8, 4) is 0 Å². The van der Waals surface area contributed by atoms with Crippen LogP contribution in [0.5, 0.6) is 0 Å². The van der Waals surface area contributed by atoms with E-state index in [1.807, 2.05) is 0 Å². The summed E-state index contributed by atoms with van der Waals surface area (Å²) >= 11 is 0. The van der Waals surface area contributed by atoms with Gasteiger partial charge in [-0.05, 0) is 76.8 Å². The van der Waals surface area contributed by atoms with Crippen molar-refractivity contribution in [1.29, 1.82) is 0 Å². The van der Waals surface area contributed by atoms with Crippen LogP contribution in [-0.4, -0.2) is 44.7 Å². The first kappa shape index (κ1) is 14.9. The number of hydrogen-bond acceptors (Lipinski definition) is 3. The van der Waals surface area contributed by atoms with Crippen LogP contribution in [-0.2, 0) is 0 Å². The van der Waals surface area contributed by atoms with Crippen molar-refractivity contribution in [2.24, 2.45) is 23.5 Å². The highest BCUT2D eigenvalue weighted by atomic mass is 15.1. The second kappa shape index (κ2) is 8.06. The van der Waals surface area contributed by atoms with Gasteiger partial charge < -0.3 is 16.0 Å². The maximum Gasteiger partial charge on any atom is -0.000600 e. The van der Waals surface area contributed by atoms with Gasteiger partial charge in [-0.15, -0.1) is 0 Å². The van der Waals surface area contributed by atoms with Crippen molar-refractivity contribution in [3.05, 3.63) is 0 Å². The van der Waals surface area contributed by atoms with E-state index in [2.05, 4.69) is 31.1 Å². The molecule has 1 aliphatic heterocycles. The van der Waals surface area contributed by atoms with Crippen molar-refractivity contribution >= 4 is 0 Å². The molecule has 1 rings (SSSR count). The van der Waals surface area contributed by atoms with E-state index < -0.39 is 0 Å². The molecule has 0 amide bonds. The van der Waals surface area contributed by atoms with Crippen molar-refractivity contribution < 1.29 is 0 Å². The van der Waals surface area contributed by atoms with Gasteiger partial charge in [-0.2, -0.15) is 0 Å². The summed E-state index contributed by atoms with van der Waals surface area (Å²) in [5.74, 6) is 2.26. The molecule has 3 N–H and O–H groups in total.